The first-order chi connectivity index (χ1) is 18.5. The van der Waals surface area contributed by atoms with Crippen molar-refractivity contribution in [3.63, 3.8) is 0 Å². The second-order valence-electron chi connectivity index (χ2n) is 10.1. The molecule has 0 fully saturated rings. The summed E-state index contributed by atoms with van der Waals surface area (Å²) in [6.07, 6.45) is 0.0912. The van der Waals surface area contributed by atoms with Gasteiger partial charge < -0.3 is 18.8 Å². The Balaban J connectivity index is 1.66. The van der Waals surface area contributed by atoms with Crippen LogP contribution >= 0.6 is 11.3 Å². The number of sulfonamides is 1. The fourth-order valence-corrected chi connectivity index (χ4v) is 7.05. The summed E-state index contributed by atoms with van der Waals surface area (Å²) in [5.41, 5.74) is 0.996. The number of hydrogen-bond acceptors (Lipinski definition) is 8. The molecule has 210 valence electrons. The molecule has 0 atom stereocenters. The molecule has 0 saturated heterocycles. The van der Waals surface area contributed by atoms with E-state index in [1.165, 1.54) is 47.0 Å². The van der Waals surface area contributed by atoms with Gasteiger partial charge in [0.05, 0.1) is 28.6 Å². The van der Waals surface area contributed by atoms with Crippen LogP contribution in [0, 0.1) is 11.8 Å². The van der Waals surface area contributed by atoms with Crippen LogP contribution in [0.3, 0.4) is 0 Å². The number of amides is 1. The third-order valence-electron chi connectivity index (χ3n) is 6.02. The van der Waals surface area contributed by atoms with Crippen LogP contribution in [0.4, 0.5) is 0 Å². The van der Waals surface area contributed by atoms with E-state index < -0.39 is 15.9 Å². The van der Waals surface area contributed by atoms with Crippen LogP contribution in [0.5, 0.6) is 11.5 Å². The fourth-order valence-electron chi connectivity index (χ4n) is 4.22. The molecule has 0 spiro atoms. The first-order valence-electron chi connectivity index (χ1n) is 12.7. The average molecular weight is 576 g/mol. The molecule has 1 amide bonds. The summed E-state index contributed by atoms with van der Waals surface area (Å²) in [6, 6.07) is 9.46. The number of methoxy groups -OCH3 is 1. The van der Waals surface area contributed by atoms with E-state index in [4.69, 9.17) is 14.2 Å². The number of benzene rings is 2. The molecule has 1 aliphatic rings. The standard InChI is InChI=1S/C27H33N3O7S2/c1-17(2)14-29(15-18(3)4)39(33,34)20-8-6-19(7-9-20)26(32)28-27-30(11-10-25(31)35-5)21-12-22-23(37-16-36-22)13-24(21)38-27/h6-9,12-13,17-18H,10-11,14-16H2,1-5H3. The van der Waals surface area contributed by atoms with Crippen LogP contribution in [0.25, 0.3) is 10.2 Å². The Morgan fingerprint density at radius 2 is 1.67 bits per heavy atom. The lowest BCUT2D eigenvalue weighted by atomic mass is 10.2. The molecule has 0 aliphatic carbocycles. The number of aromatic nitrogens is 1. The molecule has 12 heteroatoms. The minimum absolute atomic E-state index is 0.0912. The molecular weight excluding hydrogens is 542 g/mol. The SMILES string of the molecule is COC(=O)CCn1c(=NC(=O)c2ccc(S(=O)(=O)N(CC(C)C)CC(C)C)cc2)sc2cc3c(cc21)OCO3. The van der Waals surface area contributed by atoms with Crippen LogP contribution in [0.2, 0.25) is 0 Å². The third-order valence-corrected chi connectivity index (χ3v) is 8.91. The van der Waals surface area contributed by atoms with Gasteiger partial charge in [-0.05, 0) is 36.1 Å². The Morgan fingerprint density at radius 3 is 2.26 bits per heavy atom. The zero-order valence-corrected chi connectivity index (χ0v) is 24.3. The zero-order valence-electron chi connectivity index (χ0n) is 22.7. The molecule has 0 radical (unpaired) electrons. The summed E-state index contributed by atoms with van der Waals surface area (Å²) >= 11 is 1.28. The van der Waals surface area contributed by atoms with Gasteiger partial charge >= 0.3 is 5.97 Å². The Kier molecular flexibility index (Phi) is 8.77. The third kappa shape index (κ3) is 6.51. The number of rotatable bonds is 10. The van der Waals surface area contributed by atoms with Gasteiger partial charge in [0.15, 0.2) is 16.3 Å². The van der Waals surface area contributed by atoms with Crippen LogP contribution in [0.15, 0.2) is 46.3 Å². The van der Waals surface area contributed by atoms with Gasteiger partial charge in [0.2, 0.25) is 16.8 Å². The number of fused-ring (bicyclic) bond motifs is 2. The number of carbonyl (C=O) groups is 2. The van der Waals surface area contributed by atoms with Crippen molar-refractivity contribution in [2.24, 2.45) is 16.8 Å². The highest BCUT2D eigenvalue weighted by atomic mass is 32.2. The second-order valence-corrected chi connectivity index (χ2v) is 13.0. The lowest BCUT2D eigenvalue weighted by Crippen LogP contribution is -2.37. The van der Waals surface area contributed by atoms with Crippen molar-refractivity contribution in [3.05, 3.63) is 46.8 Å². The van der Waals surface area contributed by atoms with E-state index in [2.05, 4.69) is 4.99 Å². The Bertz CT molecular complexity index is 1530. The van der Waals surface area contributed by atoms with Crippen molar-refractivity contribution < 1.29 is 32.2 Å². The van der Waals surface area contributed by atoms with E-state index >= 15 is 0 Å². The van der Waals surface area contributed by atoms with Gasteiger partial charge in [-0.2, -0.15) is 9.30 Å². The number of hydrogen-bond donors (Lipinski definition) is 0. The van der Waals surface area contributed by atoms with Crippen molar-refractivity contribution in [2.75, 3.05) is 27.0 Å². The number of thiazole rings is 1. The van der Waals surface area contributed by atoms with Gasteiger partial charge in [0.1, 0.15) is 0 Å². The van der Waals surface area contributed by atoms with Crippen molar-refractivity contribution in [2.45, 2.75) is 45.6 Å². The van der Waals surface area contributed by atoms with Crippen molar-refractivity contribution in [1.29, 1.82) is 0 Å². The molecule has 10 nitrogen and oxygen atoms in total. The summed E-state index contributed by atoms with van der Waals surface area (Å²) in [6.45, 7) is 9.11. The molecule has 1 aromatic heterocycles. The van der Waals surface area contributed by atoms with Gasteiger partial charge in [0.25, 0.3) is 5.91 Å². The van der Waals surface area contributed by atoms with Crippen LogP contribution in [0.1, 0.15) is 44.5 Å². The van der Waals surface area contributed by atoms with Crippen molar-refractivity contribution in [3.8, 4) is 11.5 Å². The van der Waals surface area contributed by atoms with E-state index in [1.807, 2.05) is 33.8 Å². The average Bonchev–Trinajstić information content (AvgIpc) is 3.48. The number of nitrogens with zero attached hydrogens (tertiary/aromatic N) is 3. The molecule has 2 heterocycles. The quantitative estimate of drug-likeness (QED) is 0.335. The summed E-state index contributed by atoms with van der Waals surface area (Å²) in [4.78, 5) is 29.8. The summed E-state index contributed by atoms with van der Waals surface area (Å²) < 4.78 is 46.4. The summed E-state index contributed by atoms with van der Waals surface area (Å²) in [7, 11) is -2.40. The summed E-state index contributed by atoms with van der Waals surface area (Å²) in [5.74, 6) is 0.599. The van der Waals surface area contributed by atoms with Gasteiger partial charge in [-0.15, -0.1) is 0 Å². The summed E-state index contributed by atoms with van der Waals surface area (Å²) in [5, 5.41) is 0. The highest BCUT2D eigenvalue weighted by Crippen LogP contribution is 2.37. The van der Waals surface area contributed by atoms with Crippen LogP contribution < -0.4 is 14.3 Å². The maximum absolute atomic E-state index is 13.3. The largest absolute Gasteiger partial charge is 0.469 e. The van der Waals surface area contributed by atoms with E-state index in [9.17, 15) is 18.0 Å². The lowest BCUT2D eigenvalue weighted by molar-refractivity contribution is -0.140. The van der Waals surface area contributed by atoms with Gasteiger partial charge in [-0.25, -0.2) is 8.42 Å². The van der Waals surface area contributed by atoms with Crippen molar-refractivity contribution in [1.82, 2.24) is 8.87 Å². The number of aryl methyl sites for hydroxylation is 1. The second kappa shape index (κ2) is 11.9. The maximum atomic E-state index is 13.3. The lowest BCUT2D eigenvalue weighted by Gasteiger charge is -2.25. The molecule has 0 N–H and O–H groups in total. The Morgan fingerprint density at radius 1 is 1.05 bits per heavy atom. The van der Waals surface area contributed by atoms with Crippen LogP contribution in [-0.4, -0.2) is 56.2 Å². The van der Waals surface area contributed by atoms with E-state index in [1.54, 1.807) is 10.6 Å². The maximum Gasteiger partial charge on any atom is 0.307 e. The van der Waals surface area contributed by atoms with Gasteiger partial charge in [-0.1, -0.05) is 39.0 Å². The zero-order chi connectivity index (χ0) is 28.3. The number of esters is 1. The molecule has 1 aliphatic heterocycles. The van der Waals surface area contributed by atoms with Crippen molar-refractivity contribution >= 4 is 43.5 Å². The smallest absolute Gasteiger partial charge is 0.307 e. The first-order valence-corrected chi connectivity index (χ1v) is 14.9. The minimum Gasteiger partial charge on any atom is -0.469 e. The molecule has 4 rings (SSSR count). The molecule has 0 saturated carbocycles. The topological polar surface area (TPSA) is 117 Å². The molecule has 0 unspecified atom stereocenters. The van der Waals surface area contributed by atoms with Gasteiger partial charge in [-0.3, -0.25) is 9.59 Å². The van der Waals surface area contributed by atoms with E-state index in [-0.39, 0.29) is 48.0 Å². The van der Waals surface area contributed by atoms with Gasteiger partial charge in [0, 0.05) is 37.3 Å². The minimum atomic E-state index is -3.72. The Labute approximate surface area is 231 Å². The molecule has 39 heavy (non-hydrogen) atoms. The normalized spacial score (nSPS) is 13.7. The molecule has 3 aromatic rings. The van der Waals surface area contributed by atoms with E-state index in [0.29, 0.717) is 29.4 Å². The van der Waals surface area contributed by atoms with Crippen LogP contribution in [-0.2, 0) is 26.1 Å². The van der Waals surface area contributed by atoms with E-state index in [0.717, 1.165) is 10.2 Å². The highest BCUT2D eigenvalue weighted by molar-refractivity contribution is 7.89. The molecule has 2 aromatic carbocycles. The molecular formula is C27H33N3O7S2. The number of carbonyl (C=O) groups excluding carboxylic acids is 2. The predicted octanol–water partition coefficient (Wildman–Crippen LogP) is 4.04. The monoisotopic (exact) mass is 575 g/mol. The predicted molar refractivity (Wildman–Crippen MR) is 147 cm³/mol. The highest BCUT2D eigenvalue weighted by Gasteiger charge is 2.26. The fraction of sp³-hybridized carbons (Fsp3) is 0.444. The number of ether oxygens (including phenoxy) is 3. The Hall–Kier alpha value is -3.22. The first kappa shape index (κ1) is 28.8. The molecule has 0 bridgehead atoms.